The molecular formula is C10H15N3O3. The van der Waals surface area contributed by atoms with Gasteiger partial charge in [0.1, 0.15) is 0 Å². The van der Waals surface area contributed by atoms with Crippen LogP contribution in [0.2, 0.25) is 0 Å². The topological polar surface area (TPSA) is 84.3 Å². The van der Waals surface area contributed by atoms with Crippen LogP contribution in [-0.4, -0.2) is 40.3 Å². The van der Waals surface area contributed by atoms with Crippen molar-refractivity contribution in [3.63, 3.8) is 0 Å². The highest BCUT2D eigenvalue weighted by Crippen LogP contribution is 2.12. The van der Waals surface area contributed by atoms with Gasteiger partial charge in [-0.05, 0) is 13.8 Å². The molecule has 0 aliphatic carbocycles. The number of rotatable bonds is 5. The van der Waals surface area contributed by atoms with Gasteiger partial charge in [-0.2, -0.15) is 0 Å². The zero-order chi connectivity index (χ0) is 12.2. The van der Waals surface area contributed by atoms with E-state index in [2.05, 4.69) is 15.3 Å². The number of nitrogens with zero attached hydrogens (tertiary/aromatic N) is 2. The minimum absolute atomic E-state index is 0.0885. The molecule has 0 radical (unpaired) electrons. The van der Waals surface area contributed by atoms with E-state index < -0.39 is 11.6 Å². The molecule has 0 fully saturated rings. The van der Waals surface area contributed by atoms with E-state index in [0.29, 0.717) is 6.54 Å². The lowest BCUT2D eigenvalue weighted by Crippen LogP contribution is -2.32. The third kappa shape index (κ3) is 3.16. The molecule has 1 heterocycles. The molecule has 0 spiro atoms. The van der Waals surface area contributed by atoms with Gasteiger partial charge in [-0.1, -0.05) is 0 Å². The van der Waals surface area contributed by atoms with Crippen molar-refractivity contribution < 1.29 is 14.6 Å². The van der Waals surface area contributed by atoms with E-state index in [0.717, 1.165) is 0 Å². The lowest BCUT2D eigenvalue weighted by atomic mass is 10.1. The van der Waals surface area contributed by atoms with Crippen LogP contribution < -0.4 is 5.32 Å². The van der Waals surface area contributed by atoms with E-state index in [1.165, 1.54) is 12.4 Å². The van der Waals surface area contributed by atoms with Crippen molar-refractivity contribution in [3.8, 4) is 0 Å². The quantitative estimate of drug-likeness (QED) is 0.778. The molecule has 6 heteroatoms. The standard InChI is InChI=1S/C10H15N3O3/c1-10(2,16-3)6-13-8-7(9(14)15)11-4-5-12-8/h4-5H,6H2,1-3H3,(H,12,13)(H,14,15). The molecule has 0 saturated heterocycles. The van der Waals surface area contributed by atoms with Gasteiger partial charge in [-0.3, -0.25) is 0 Å². The average molecular weight is 225 g/mol. The van der Waals surface area contributed by atoms with Crippen LogP contribution in [0.1, 0.15) is 24.3 Å². The van der Waals surface area contributed by atoms with Crippen LogP contribution in [0, 0.1) is 0 Å². The van der Waals surface area contributed by atoms with E-state index in [1.807, 2.05) is 13.8 Å². The summed E-state index contributed by atoms with van der Waals surface area (Å²) in [5.41, 5.74) is -0.484. The Morgan fingerprint density at radius 1 is 1.50 bits per heavy atom. The molecule has 1 rings (SSSR count). The maximum atomic E-state index is 10.8. The van der Waals surface area contributed by atoms with Crippen molar-refractivity contribution in [3.05, 3.63) is 18.1 Å². The second-order valence-corrected chi connectivity index (χ2v) is 3.88. The number of nitrogens with one attached hydrogen (secondary N) is 1. The zero-order valence-corrected chi connectivity index (χ0v) is 9.52. The largest absolute Gasteiger partial charge is 0.476 e. The number of anilines is 1. The fourth-order valence-electron chi connectivity index (χ4n) is 0.993. The maximum Gasteiger partial charge on any atom is 0.358 e. The Hall–Kier alpha value is -1.69. The Morgan fingerprint density at radius 2 is 2.12 bits per heavy atom. The number of methoxy groups -OCH3 is 1. The number of aromatic nitrogens is 2. The first-order valence-electron chi connectivity index (χ1n) is 4.79. The molecule has 16 heavy (non-hydrogen) atoms. The van der Waals surface area contributed by atoms with Crippen LogP contribution in [0.25, 0.3) is 0 Å². The summed E-state index contributed by atoms with van der Waals surface area (Å²) >= 11 is 0. The normalized spacial score (nSPS) is 11.2. The van der Waals surface area contributed by atoms with Gasteiger partial charge >= 0.3 is 5.97 Å². The number of carboxylic acid groups (broad SMARTS) is 1. The summed E-state index contributed by atoms with van der Waals surface area (Å²) in [4.78, 5) is 18.5. The fourth-order valence-corrected chi connectivity index (χ4v) is 0.993. The van der Waals surface area contributed by atoms with Gasteiger partial charge in [0.2, 0.25) is 0 Å². The Balaban J connectivity index is 2.78. The molecule has 0 aromatic carbocycles. The Bertz CT molecular complexity index is 379. The molecule has 0 aliphatic heterocycles. The molecule has 0 amide bonds. The first kappa shape index (κ1) is 12.4. The summed E-state index contributed by atoms with van der Waals surface area (Å²) in [6, 6.07) is 0. The number of hydrogen-bond acceptors (Lipinski definition) is 5. The number of carbonyl (C=O) groups is 1. The average Bonchev–Trinajstić information content (AvgIpc) is 2.27. The van der Waals surface area contributed by atoms with Crippen LogP contribution in [0.3, 0.4) is 0 Å². The first-order valence-corrected chi connectivity index (χ1v) is 4.79. The van der Waals surface area contributed by atoms with Crippen molar-refractivity contribution >= 4 is 11.8 Å². The predicted octanol–water partition coefficient (Wildman–Crippen LogP) is 1.01. The van der Waals surface area contributed by atoms with Crippen molar-refractivity contribution in [1.29, 1.82) is 0 Å². The Morgan fingerprint density at radius 3 is 2.69 bits per heavy atom. The van der Waals surface area contributed by atoms with Crippen LogP contribution in [0.4, 0.5) is 5.82 Å². The summed E-state index contributed by atoms with van der Waals surface area (Å²) in [6.45, 7) is 4.22. The van der Waals surface area contributed by atoms with E-state index >= 15 is 0 Å². The zero-order valence-electron chi connectivity index (χ0n) is 9.52. The van der Waals surface area contributed by atoms with Crippen molar-refractivity contribution in [2.45, 2.75) is 19.4 Å². The number of aromatic carboxylic acids is 1. The highest BCUT2D eigenvalue weighted by atomic mass is 16.5. The molecule has 0 saturated carbocycles. The molecule has 1 aromatic heterocycles. The van der Waals surface area contributed by atoms with Gasteiger partial charge in [0.05, 0.1) is 5.60 Å². The number of carboxylic acids is 1. The van der Waals surface area contributed by atoms with Crippen LogP contribution in [0.15, 0.2) is 12.4 Å². The van der Waals surface area contributed by atoms with Gasteiger partial charge in [0, 0.05) is 26.0 Å². The third-order valence-electron chi connectivity index (χ3n) is 2.13. The van der Waals surface area contributed by atoms with Crippen LogP contribution in [-0.2, 0) is 4.74 Å². The maximum absolute atomic E-state index is 10.8. The monoisotopic (exact) mass is 225 g/mol. The van der Waals surface area contributed by atoms with Crippen LogP contribution >= 0.6 is 0 Å². The summed E-state index contributed by atoms with van der Waals surface area (Å²) < 4.78 is 5.20. The molecule has 0 unspecified atom stereocenters. The van der Waals surface area contributed by atoms with E-state index in [9.17, 15) is 4.79 Å². The first-order chi connectivity index (χ1) is 7.46. The molecule has 1 aromatic rings. The Labute approximate surface area is 93.7 Å². The molecule has 6 nitrogen and oxygen atoms in total. The third-order valence-corrected chi connectivity index (χ3v) is 2.13. The smallest absolute Gasteiger partial charge is 0.358 e. The molecular weight excluding hydrogens is 210 g/mol. The summed E-state index contributed by atoms with van der Waals surface area (Å²) in [7, 11) is 1.59. The highest BCUT2D eigenvalue weighted by Gasteiger charge is 2.18. The van der Waals surface area contributed by atoms with E-state index in [-0.39, 0.29) is 11.5 Å². The highest BCUT2D eigenvalue weighted by molar-refractivity contribution is 5.90. The predicted molar refractivity (Wildman–Crippen MR) is 58.6 cm³/mol. The molecule has 88 valence electrons. The lowest BCUT2D eigenvalue weighted by Gasteiger charge is -2.23. The SMILES string of the molecule is COC(C)(C)CNc1nccnc1C(=O)O. The molecule has 0 bridgehead atoms. The second-order valence-electron chi connectivity index (χ2n) is 3.88. The van der Waals surface area contributed by atoms with Gasteiger partial charge in [-0.15, -0.1) is 0 Å². The second kappa shape index (κ2) is 4.89. The van der Waals surface area contributed by atoms with Gasteiger partial charge in [0.25, 0.3) is 0 Å². The van der Waals surface area contributed by atoms with Gasteiger partial charge in [-0.25, -0.2) is 14.8 Å². The van der Waals surface area contributed by atoms with Gasteiger partial charge < -0.3 is 15.2 Å². The van der Waals surface area contributed by atoms with Crippen molar-refractivity contribution in [2.24, 2.45) is 0 Å². The Kier molecular flexibility index (Phi) is 3.78. The summed E-state index contributed by atoms with van der Waals surface area (Å²) in [6.07, 6.45) is 2.78. The van der Waals surface area contributed by atoms with Crippen LogP contribution in [0.5, 0.6) is 0 Å². The number of hydrogen-bond donors (Lipinski definition) is 2. The van der Waals surface area contributed by atoms with E-state index in [4.69, 9.17) is 9.84 Å². The summed E-state index contributed by atoms with van der Waals surface area (Å²) in [5, 5.41) is 11.8. The lowest BCUT2D eigenvalue weighted by molar-refractivity contribution is 0.0342. The van der Waals surface area contributed by atoms with E-state index in [1.54, 1.807) is 7.11 Å². The minimum atomic E-state index is -1.11. The molecule has 0 atom stereocenters. The minimum Gasteiger partial charge on any atom is -0.476 e. The molecule has 0 aliphatic rings. The van der Waals surface area contributed by atoms with Crippen molar-refractivity contribution in [1.82, 2.24) is 9.97 Å². The van der Waals surface area contributed by atoms with Gasteiger partial charge in [0.15, 0.2) is 11.5 Å². The molecule has 2 N–H and O–H groups in total. The summed E-state index contributed by atoms with van der Waals surface area (Å²) in [5.74, 6) is -0.856. The van der Waals surface area contributed by atoms with Crippen molar-refractivity contribution in [2.75, 3.05) is 19.0 Å². The fraction of sp³-hybridized carbons (Fsp3) is 0.500. The number of ether oxygens (including phenoxy) is 1.